The Morgan fingerprint density at radius 1 is 1.33 bits per heavy atom. The van der Waals surface area contributed by atoms with Gasteiger partial charge >= 0.3 is 6.09 Å². The number of halogens is 1. The molecule has 2 aromatic rings. The molecular formula is C19H22ClN3O4. The fourth-order valence-electron chi connectivity index (χ4n) is 2.90. The van der Waals surface area contributed by atoms with Crippen LogP contribution in [0.1, 0.15) is 33.6 Å². The summed E-state index contributed by atoms with van der Waals surface area (Å²) in [6.07, 6.45) is 0.827. The summed E-state index contributed by atoms with van der Waals surface area (Å²) >= 11 is 5.98. The third-order valence-electron chi connectivity index (χ3n) is 4.05. The molecule has 0 radical (unpaired) electrons. The number of carbonyl (C=O) groups excluding carboxylic acids is 2. The number of nitrogens with one attached hydrogen (secondary N) is 1. The highest BCUT2D eigenvalue weighted by Gasteiger charge is 2.36. The molecule has 0 saturated carbocycles. The highest BCUT2D eigenvalue weighted by Crippen LogP contribution is 2.26. The van der Waals surface area contributed by atoms with E-state index in [-0.39, 0.29) is 11.7 Å². The van der Waals surface area contributed by atoms with Gasteiger partial charge in [0, 0.05) is 23.2 Å². The van der Waals surface area contributed by atoms with E-state index in [1.807, 2.05) is 6.07 Å². The Balaban J connectivity index is 1.67. The van der Waals surface area contributed by atoms with Gasteiger partial charge in [0.05, 0.1) is 0 Å². The van der Waals surface area contributed by atoms with Gasteiger partial charge in [-0.1, -0.05) is 28.9 Å². The van der Waals surface area contributed by atoms with Crippen molar-refractivity contribution in [3.8, 4) is 11.3 Å². The number of benzene rings is 1. The summed E-state index contributed by atoms with van der Waals surface area (Å²) < 4.78 is 10.7. The van der Waals surface area contributed by atoms with E-state index < -0.39 is 17.7 Å². The van der Waals surface area contributed by atoms with Crippen LogP contribution in [0.2, 0.25) is 5.02 Å². The summed E-state index contributed by atoms with van der Waals surface area (Å²) in [5, 5.41) is 7.17. The topological polar surface area (TPSA) is 84.7 Å². The zero-order valence-electron chi connectivity index (χ0n) is 15.5. The lowest BCUT2D eigenvalue weighted by Gasteiger charge is -2.27. The van der Waals surface area contributed by atoms with Gasteiger partial charge in [0.2, 0.25) is 5.91 Å². The van der Waals surface area contributed by atoms with Crippen LogP contribution in [0.5, 0.6) is 0 Å². The molecule has 144 valence electrons. The van der Waals surface area contributed by atoms with Crippen LogP contribution >= 0.6 is 11.6 Å². The van der Waals surface area contributed by atoms with Crippen LogP contribution in [0, 0.1) is 0 Å². The van der Waals surface area contributed by atoms with Gasteiger partial charge in [0.25, 0.3) is 0 Å². The number of amides is 2. The van der Waals surface area contributed by atoms with Crippen molar-refractivity contribution in [2.75, 3.05) is 11.9 Å². The second-order valence-corrected chi connectivity index (χ2v) is 7.84. The van der Waals surface area contributed by atoms with Crippen LogP contribution in [0.4, 0.5) is 10.6 Å². The molecule has 8 heteroatoms. The minimum Gasteiger partial charge on any atom is -0.444 e. The van der Waals surface area contributed by atoms with Crippen molar-refractivity contribution >= 4 is 29.4 Å². The molecule has 1 unspecified atom stereocenters. The molecule has 1 atom stereocenters. The van der Waals surface area contributed by atoms with Crippen LogP contribution < -0.4 is 5.32 Å². The van der Waals surface area contributed by atoms with E-state index in [2.05, 4.69) is 10.5 Å². The number of rotatable bonds is 3. The average molecular weight is 392 g/mol. The van der Waals surface area contributed by atoms with Crippen LogP contribution in [0.15, 0.2) is 34.9 Å². The third-order valence-corrected chi connectivity index (χ3v) is 4.29. The van der Waals surface area contributed by atoms with Crippen LogP contribution in [-0.4, -0.2) is 40.2 Å². The minimum atomic E-state index is -0.612. The monoisotopic (exact) mass is 391 g/mol. The van der Waals surface area contributed by atoms with Gasteiger partial charge in [-0.3, -0.25) is 9.69 Å². The first-order valence-corrected chi connectivity index (χ1v) is 9.14. The molecule has 27 heavy (non-hydrogen) atoms. The van der Waals surface area contributed by atoms with Crippen molar-refractivity contribution < 1.29 is 18.8 Å². The fraction of sp³-hybridized carbons (Fsp3) is 0.421. The number of hydrogen-bond donors (Lipinski definition) is 1. The molecular weight excluding hydrogens is 370 g/mol. The summed E-state index contributed by atoms with van der Waals surface area (Å²) in [7, 11) is 0. The van der Waals surface area contributed by atoms with Gasteiger partial charge in [0.1, 0.15) is 11.6 Å². The van der Waals surface area contributed by atoms with Crippen molar-refractivity contribution in [1.29, 1.82) is 0 Å². The summed E-state index contributed by atoms with van der Waals surface area (Å²) in [4.78, 5) is 26.4. The Kier molecular flexibility index (Phi) is 5.41. The fourth-order valence-corrected chi connectivity index (χ4v) is 3.09. The number of anilines is 1. The maximum absolute atomic E-state index is 12.6. The van der Waals surface area contributed by atoms with Crippen LogP contribution in [-0.2, 0) is 9.53 Å². The van der Waals surface area contributed by atoms with E-state index in [1.54, 1.807) is 45.0 Å². The second kappa shape index (κ2) is 7.60. The molecule has 1 aromatic heterocycles. The van der Waals surface area contributed by atoms with Crippen LogP contribution in [0.25, 0.3) is 11.3 Å². The van der Waals surface area contributed by atoms with Gasteiger partial charge in [-0.05, 0) is 45.7 Å². The smallest absolute Gasteiger partial charge is 0.410 e. The van der Waals surface area contributed by atoms with E-state index in [9.17, 15) is 9.59 Å². The van der Waals surface area contributed by atoms with Crippen molar-refractivity contribution in [3.63, 3.8) is 0 Å². The number of carbonyl (C=O) groups is 2. The maximum atomic E-state index is 12.6. The van der Waals surface area contributed by atoms with E-state index in [1.165, 1.54) is 4.90 Å². The van der Waals surface area contributed by atoms with Crippen molar-refractivity contribution in [2.24, 2.45) is 0 Å². The lowest BCUT2D eigenvalue weighted by atomic mass is 10.2. The first kappa shape index (κ1) is 19.2. The molecule has 2 heterocycles. The van der Waals surface area contributed by atoms with Gasteiger partial charge in [-0.25, -0.2) is 4.79 Å². The zero-order valence-corrected chi connectivity index (χ0v) is 16.2. The normalized spacial score (nSPS) is 17.0. The van der Waals surface area contributed by atoms with Gasteiger partial charge < -0.3 is 14.6 Å². The average Bonchev–Trinajstić information content (AvgIpc) is 3.22. The molecule has 1 fully saturated rings. The Morgan fingerprint density at radius 3 is 2.81 bits per heavy atom. The molecule has 0 aliphatic carbocycles. The van der Waals surface area contributed by atoms with Crippen LogP contribution in [0.3, 0.4) is 0 Å². The highest BCUT2D eigenvalue weighted by atomic mass is 35.5. The van der Waals surface area contributed by atoms with Gasteiger partial charge in [-0.2, -0.15) is 0 Å². The first-order valence-electron chi connectivity index (χ1n) is 8.76. The van der Waals surface area contributed by atoms with Gasteiger partial charge in [-0.15, -0.1) is 0 Å². The molecule has 2 amide bonds. The molecule has 7 nitrogen and oxygen atoms in total. The standard InChI is InChI=1S/C19H22ClN3O4/c1-19(2,3)26-18(25)23-9-5-8-14(23)17(24)21-16-11-15(27-22-16)12-6-4-7-13(20)10-12/h4,6-7,10-11,14H,5,8-9H2,1-3H3,(H,21,22,24). The predicted octanol–water partition coefficient (Wildman–Crippen LogP) is 4.33. The summed E-state index contributed by atoms with van der Waals surface area (Å²) in [6.45, 7) is 5.87. The molecule has 0 bridgehead atoms. The number of aromatic nitrogens is 1. The minimum absolute atomic E-state index is 0.283. The lowest BCUT2D eigenvalue weighted by molar-refractivity contribution is -0.120. The van der Waals surface area contributed by atoms with Crippen molar-refractivity contribution in [1.82, 2.24) is 10.1 Å². The maximum Gasteiger partial charge on any atom is 0.410 e. The van der Waals surface area contributed by atoms with E-state index >= 15 is 0 Å². The van der Waals surface area contributed by atoms with Gasteiger partial charge in [0.15, 0.2) is 11.6 Å². The summed E-state index contributed by atoms with van der Waals surface area (Å²) in [5.74, 6) is 0.457. The largest absolute Gasteiger partial charge is 0.444 e. The number of likely N-dealkylation sites (tertiary alicyclic amines) is 1. The molecule has 1 saturated heterocycles. The second-order valence-electron chi connectivity index (χ2n) is 7.41. The SMILES string of the molecule is CC(C)(C)OC(=O)N1CCCC1C(=O)Nc1cc(-c2cccc(Cl)c2)on1. The highest BCUT2D eigenvalue weighted by molar-refractivity contribution is 6.30. The van der Waals surface area contributed by atoms with Crippen molar-refractivity contribution in [2.45, 2.75) is 45.3 Å². The number of nitrogens with zero attached hydrogens (tertiary/aromatic N) is 2. The molecule has 1 aliphatic heterocycles. The summed E-state index contributed by atoms with van der Waals surface area (Å²) in [5.41, 5.74) is 0.144. The quantitative estimate of drug-likeness (QED) is 0.841. The molecule has 1 aliphatic rings. The Hall–Kier alpha value is -2.54. The Bertz CT molecular complexity index is 843. The Morgan fingerprint density at radius 2 is 2.11 bits per heavy atom. The lowest BCUT2D eigenvalue weighted by Crippen LogP contribution is -2.45. The van der Waals surface area contributed by atoms with Crippen molar-refractivity contribution in [3.05, 3.63) is 35.4 Å². The molecule has 1 N–H and O–H groups in total. The zero-order chi connectivity index (χ0) is 19.6. The summed E-state index contributed by atoms with van der Waals surface area (Å²) in [6, 6.07) is 8.17. The van der Waals surface area contributed by atoms with E-state index in [4.69, 9.17) is 20.9 Å². The predicted molar refractivity (Wildman–Crippen MR) is 102 cm³/mol. The molecule has 0 spiro atoms. The molecule has 3 rings (SSSR count). The Labute approximate surface area is 162 Å². The first-order chi connectivity index (χ1) is 12.7. The van der Waals surface area contributed by atoms with E-state index in [0.29, 0.717) is 23.7 Å². The van der Waals surface area contributed by atoms with E-state index in [0.717, 1.165) is 12.0 Å². The number of hydrogen-bond acceptors (Lipinski definition) is 5. The molecule has 1 aromatic carbocycles. The third kappa shape index (κ3) is 4.80. The number of ether oxygens (including phenoxy) is 1.